The number of benzene rings is 2. The summed E-state index contributed by atoms with van der Waals surface area (Å²) in [6, 6.07) is 10.3. The highest BCUT2D eigenvalue weighted by Crippen LogP contribution is 2.33. The van der Waals surface area contributed by atoms with E-state index in [0.29, 0.717) is 24.1 Å². The van der Waals surface area contributed by atoms with Gasteiger partial charge in [-0.3, -0.25) is 9.79 Å². The van der Waals surface area contributed by atoms with Crippen molar-refractivity contribution in [3.8, 4) is 0 Å². The van der Waals surface area contributed by atoms with Gasteiger partial charge in [0.05, 0.1) is 17.6 Å². The number of nitrogens with zero attached hydrogens (tertiary/aromatic N) is 4. The molecular formula is C26H27F3N4O. The highest BCUT2D eigenvalue weighted by molar-refractivity contribution is 5.84. The molecule has 1 aromatic heterocycles. The molecule has 3 aromatic rings. The molecule has 0 atom stereocenters. The first kappa shape index (κ1) is 23.7. The van der Waals surface area contributed by atoms with Crippen LogP contribution in [0.3, 0.4) is 0 Å². The van der Waals surface area contributed by atoms with E-state index in [-0.39, 0.29) is 18.0 Å². The molecule has 1 aliphatic rings. The van der Waals surface area contributed by atoms with Crippen molar-refractivity contribution in [2.45, 2.75) is 39.9 Å². The molecule has 2 heterocycles. The van der Waals surface area contributed by atoms with Crippen LogP contribution in [0.2, 0.25) is 0 Å². The van der Waals surface area contributed by atoms with E-state index in [1.165, 1.54) is 13.0 Å². The Morgan fingerprint density at radius 3 is 2.59 bits per heavy atom. The van der Waals surface area contributed by atoms with Crippen molar-refractivity contribution >= 4 is 22.4 Å². The lowest BCUT2D eigenvalue weighted by molar-refractivity contribution is -0.138. The number of amides is 1. The second-order valence-corrected chi connectivity index (χ2v) is 8.62. The van der Waals surface area contributed by atoms with E-state index < -0.39 is 11.7 Å². The van der Waals surface area contributed by atoms with E-state index in [1.54, 1.807) is 17.9 Å². The van der Waals surface area contributed by atoms with Gasteiger partial charge in [-0.1, -0.05) is 24.3 Å². The fourth-order valence-electron chi connectivity index (χ4n) is 4.33. The topological polar surface area (TPSA) is 50.5 Å². The van der Waals surface area contributed by atoms with Crippen molar-refractivity contribution in [3.05, 3.63) is 76.0 Å². The van der Waals surface area contributed by atoms with Crippen molar-refractivity contribution in [1.82, 2.24) is 14.5 Å². The summed E-state index contributed by atoms with van der Waals surface area (Å²) in [7, 11) is 1.93. The highest BCUT2D eigenvalue weighted by Gasteiger charge is 2.32. The van der Waals surface area contributed by atoms with Crippen LogP contribution in [0.5, 0.6) is 0 Å². The Kier molecular flexibility index (Phi) is 6.34. The maximum absolute atomic E-state index is 13.3. The van der Waals surface area contributed by atoms with Gasteiger partial charge < -0.3 is 9.47 Å². The zero-order valence-corrected chi connectivity index (χ0v) is 19.7. The lowest BCUT2D eigenvalue weighted by atomic mass is 9.98. The quantitative estimate of drug-likeness (QED) is 0.547. The van der Waals surface area contributed by atoms with Gasteiger partial charge in [0, 0.05) is 32.4 Å². The minimum Gasteiger partial charge on any atom is -0.339 e. The van der Waals surface area contributed by atoms with Crippen LogP contribution in [0.1, 0.15) is 41.4 Å². The molecule has 0 spiro atoms. The highest BCUT2D eigenvalue weighted by atomic mass is 19.4. The third kappa shape index (κ3) is 4.62. The van der Waals surface area contributed by atoms with E-state index in [9.17, 15) is 18.0 Å². The van der Waals surface area contributed by atoms with Gasteiger partial charge in [0.2, 0.25) is 5.91 Å². The number of hydrogen-bond donors (Lipinski definition) is 0. The zero-order valence-electron chi connectivity index (χ0n) is 19.7. The molecule has 5 nitrogen and oxygen atoms in total. The number of alkyl halides is 3. The number of fused-ring (bicyclic) bond motifs is 1. The molecule has 0 radical (unpaired) electrons. The second kappa shape index (κ2) is 9.08. The average Bonchev–Trinajstić information content (AvgIpc) is 2.80. The molecule has 0 aliphatic carbocycles. The third-order valence-electron chi connectivity index (χ3n) is 6.53. The summed E-state index contributed by atoms with van der Waals surface area (Å²) in [4.78, 5) is 22.7. The molecule has 0 N–H and O–H groups in total. The van der Waals surface area contributed by atoms with Crippen molar-refractivity contribution in [2.24, 2.45) is 12.0 Å². The fourth-order valence-corrected chi connectivity index (χ4v) is 4.33. The molecular weight excluding hydrogens is 441 g/mol. The first-order chi connectivity index (χ1) is 16.1. The van der Waals surface area contributed by atoms with Gasteiger partial charge in [-0.05, 0) is 60.7 Å². The molecule has 2 aromatic carbocycles. The number of carbonyl (C=O) groups excluding carboxylic acids is 1. The van der Waals surface area contributed by atoms with Crippen LogP contribution in [0, 0.1) is 13.8 Å². The number of carbonyl (C=O) groups is 1. The van der Waals surface area contributed by atoms with E-state index in [0.717, 1.165) is 40.4 Å². The van der Waals surface area contributed by atoms with Gasteiger partial charge in [0.15, 0.2) is 5.49 Å². The number of aromatic nitrogens is 2. The molecule has 0 saturated carbocycles. The normalized spacial score (nSPS) is 15.1. The number of hydrogen-bond acceptors (Lipinski definition) is 3. The van der Waals surface area contributed by atoms with Crippen LogP contribution in [-0.4, -0.2) is 33.4 Å². The number of aryl methyl sites for hydroxylation is 2. The average molecular weight is 469 g/mol. The Morgan fingerprint density at radius 2 is 1.94 bits per heavy atom. The van der Waals surface area contributed by atoms with Crippen molar-refractivity contribution in [1.29, 1.82) is 0 Å². The molecule has 178 valence electrons. The maximum Gasteiger partial charge on any atom is 0.416 e. The molecule has 0 fully saturated rings. The maximum atomic E-state index is 13.3. The van der Waals surface area contributed by atoms with Crippen LogP contribution in [0.15, 0.2) is 47.5 Å². The summed E-state index contributed by atoms with van der Waals surface area (Å²) in [5.41, 5.74) is 3.70. The lowest BCUT2D eigenvalue weighted by Gasteiger charge is -2.25. The van der Waals surface area contributed by atoms with Gasteiger partial charge in [0.25, 0.3) is 0 Å². The molecule has 0 saturated heterocycles. The van der Waals surface area contributed by atoms with Crippen LogP contribution in [0.25, 0.3) is 16.5 Å². The molecule has 8 heteroatoms. The molecule has 34 heavy (non-hydrogen) atoms. The van der Waals surface area contributed by atoms with Gasteiger partial charge >= 0.3 is 6.18 Å². The first-order valence-corrected chi connectivity index (χ1v) is 11.1. The molecule has 1 aliphatic heterocycles. The summed E-state index contributed by atoms with van der Waals surface area (Å²) in [6.45, 7) is 6.28. The van der Waals surface area contributed by atoms with Crippen molar-refractivity contribution in [3.63, 3.8) is 0 Å². The van der Waals surface area contributed by atoms with Crippen LogP contribution >= 0.6 is 0 Å². The Balaban J connectivity index is 1.77. The summed E-state index contributed by atoms with van der Waals surface area (Å²) in [6.07, 6.45) is -1.58. The Hall–Kier alpha value is -3.42. The molecule has 1 amide bonds. The van der Waals surface area contributed by atoms with E-state index >= 15 is 0 Å². The predicted molar refractivity (Wildman–Crippen MR) is 126 cm³/mol. The standard InChI is InChI=1S/C26H27F3N4O/c1-16-21(6-5-7-23(16)26(27,28)29)15-30-25-22-14-20(8-9-24(22)32(4)17(2)31-25)19-10-12-33(13-11-19)18(3)34/h5-10,14H,11-13,15H2,1-4H3/b30-25-. The number of halogens is 3. The Morgan fingerprint density at radius 1 is 1.18 bits per heavy atom. The van der Waals surface area contributed by atoms with E-state index in [4.69, 9.17) is 0 Å². The van der Waals surface area contributed by atoms with Gasteiger partial charge in [-0.15, -0.1) is 0 Å². The Labute approximate surface area is 196 Å². The minimum atomic E-state index is -4.40. The molecule has 0 unspecified atom stereocenters. The summed E-state index contributed by atoms with van der Waals surface area (Å²) in [5.74, 6) is 0.820. The summed E-state index contributed by atoms with van der Waals surface area (Å²) >= 11 is 0. The third-order valence-corrected chi connectivity index (χ3v) is 6.53. The fraction of sp³-hybridized carbons (Fsp3) is 0.346. The monoisotopic (exact) mass is 468 g/mol. The Bertz CT molecular complexity index is 1370. The van der Waals surface area contributed by atoms with Crippen LogP contribution in [0.4, 0.5) is 13.2 Å². The summed E-state index contributed by atoms with van der Waals surface area (Å²) in [5, 5.41) is 0.838. The van der Waals surface area contributed by atoms with E-state index in [1.807, 2.05) is 30.7 Å². The molecule has 0 bridgehead atoms. The van der Waals surface area contributed by atoms with Crippen molar-refractivity contribution < 1.29 is 18.0 Å². The zero-order chi connectivity index (χ0) is 24.6. The largest absolute Gasteiger partial charge is 0.416 e. The smallest absolute Gasteiger partial charge is 0.339 e. The second-order valence-electron chi connectivity index (χ2n) is 8.62. The van der Waals surface area contributed by atoms with Gasteiger partial charge in [-0.2, -0.15) is 13.2 Å². The SMILES string of the molecule is CC(=O)N1CC=C(c2ccc3c(c2)/c(=N/Cc2cccc(C(F)(F)F)c2C)nc(C)n3C)CC1. The van der Waals surface area contributed by atoms with Crippen molar-refractivity contribution in [2.75, 3.05) is 13.1 Å². The van der Waals surface area contributed by atoms with E-state index in [2.05, 4.69) is 22.1 Å². The van der Waals surface area contributed by atoms with Gasteiger partial charge in [0.1, 0.15) is 5.82 Å². The molecule has 4 rings (SSSR count). The lowest BCUT2D eigenvalue weighted by Crippen LogP contribution is -2.32. The summed E-state index contributed by atoms with van der Waals surface area (Å²) < 4.78 is 41.9. The predicted octanol–water partition coefficient (Wildman–Crippen LogP) is 4.95. The van der Waals surface area contributed by atoms with Crippen LogP contribution < -0.4 is 5.49 Å². The first-order valence-electron chi connectivity index (χ1n) is 11.1. The number of rotatable bonds is 3. The van der Waals surface area contributed by atoms with Crippen LogP contribution in [-0.2, 0) is 24.6 Å². The van der Waals surface area contributed by atoms with Gasteiger partial charge in [-0.25, -0.2) is 4.98 Å². The minimum absolute atomic E-state index is 0.0616.